The van der Waals surface area contributed by atoms with Gasteiger partial charge in [-0.1, -0.05) is 25.1 Å². The molecular weight excluding hydrogens is 224 g/mol. The maximum atomic E-state index is 4.43. The Balaban J connectivity index is 2.15. The second-order valence-corrected chi connectivity index (χ2v) is 4.14. The number of aromatic nitrogens is 2. The Kier molecular flexibility index (Phi) is 4.12. The summed E-state index contributed by atoms with van der Waals surface area (Å²) in [5.74, 6) is 1.49. The van der Waals surface area contributed by atoms with Gasteiger partial charge in [-0.05, 0) is 25.5 Å². The molecule has 2 aromatic rings. The molecule has 1 heterocycles. The SMILES string of the molecule is CCCNc1cc(C)nc(Nc2ccccc2)n1. The van der Waals surface area contributed by atoms with Crippen molar-refractivity contribution < 1.29 is 0 Å². The highest BCUT2D eigenvalue weighted by molar-refractivity contribution is 5.54. The molecule has 0 aliphatic carbocycles. The Hall–Kier alpha value is -2.10. The summed E-state index contributed by atoms with van der Waals surface area (Å²) in [5.41, 5.74) is 1.94. The van der Waals surface area contributed by atoms with Gasteiger partial charge in [-0.3, -0.25) is 0 Å². The van der Waals surface area contributed by atoms with Gasteiger partial charge in [-0.15, -0.1) is 0 Å². The zero-order valence-electron chi connectivity index (χ0n) is 10.8. The Morgan fingerprint density at radius 2 is 1.89 bits per heavy atom. The molecule has 0 aliphatic heterocycles. The van der Waals surface area contributed by atoms with E-state index in [1.54, 1.807) is 0 Å². The van der Waals surface area contributed by atoms with Crippen LogP contribution in [0.2, 0.25) is 0 Å². The highest BCUT2D eigenvalue weighted by atomic mass is 15.1. The summed E-state index contributed by atoms with van der Waals surface area (Å²) in [7, 11) is 0. The van der Waals surface area contributed by atoms with E-state index < -0.39 is 0 Å². The fourth-order valence-corrected chi connectivity index (χ4v) is 1.62. The van der Waals surface area contributed by atoms with E-state index in [0.717, 1.165) is 30.2 Å². The molecule has 2 rings (SSSR count). The van der Waals surface area contributed by atoms with Crippen LogP contribution in [0.25, 0.3) is 0 Å². The highest BCUT2D eigenvalue weighted by Gasteiger charge is 2.01. The van der Waals surface area contributed by atoms with E-state index in [1.165, 1.54) is 0 Å². The number of hydrogen-bond acceptors (Lipinski definition) is 4. The molecule has 0 saturated carbocycles. The minimum absolute atomic E-state index is 0.625. The van der Waals surface area contributed by atoms with Crippen LogP contribution in [-0.2, 0) is 0 Å². The van der Waals surface area contributed by atoms with Crippen molar-refractivity contribution in [1.29, 1.82) is 0 Å². The summed E-state index contributed by atoms with van der Waals surface area (Å²) >= 11 is 0. The van der Waals surface area contributed by atoms with Crippen molar-refractivity contribution in [1.82, 2.24) is 9.97 Å². The minimum Gasteiger partial charge on any atom is -0.370 e. The molecule has 0 bridgehead atoms. The standard InChI is InChI=1S/C14H18N4/c1-3-9-15-13-10-11(2)16-14(18-13)17-12-7-5-4-6-8-12/h4-8,10H,3,9H2,1-2H3,(H2,15,16,17,18). The van der Waals surface area contributed by atoms with Gasteiger partial charge in [0, 0.05) is 24.0 Å². The first-order chi connectivity index (χ1) is 8.78. The third kappa shape index (κ3) is 3.45. The van der Waals surface area contributed by atoms with Crippen LogP contribution < -0.4 is 10.6 Å². The molecule has 0 spiro atoms. The first-order valence-electron chi connectivity index (χ1n) is 6.19. The van der Waals surface area contributed by atoms with Gasteiger partial charge >= 0.3 is 0 Å². The molecule has 0 radical (unpaired) electrons. The Morgan fingerprint density at radius 3 is 2.61 bits per heavy atom. The number of hydrogen-bond donors (Lipinski definition) is 2. The molecule has 0 fully saturated rings. The topological polar surface area (TPSA) is 49.8 Å². The summed E-state index contributed by atoms with van der Waals surface area (Å²) in [6.07, 6.45) is 1.07. The number of para-hydroxylation sites is 1. The van der Waals surface area contributed by atoms with E-state index in [0.29, 0.717) is 5.95 Å². The van der Waals surface area contributed by atoms with Gasteiger partial charge in [0.15, 0.2) is 0 Å². The van der Waals surface area contributed by atoms with E-state index in [1.807, 2.05) is 43.3 Å². The van der Waals surface area contributed by atoms with Crippen molar-refractivity contribution in [3.05, 3.63) is 42.1 Å². The normalized spacial score (nSPS) is 10.1. The minimum atomic E-state index is 0.625. The van der Waals surface area contributed by atoms with Crippen LogP contribution in [0.5, 0.6) is 0 Å². The Labute approximate surface area is 107 Å². The van der Waals surface area contributed by atoms with Crippen molar-refractivity contribution in [2.75, 3.05) is 17.2 Å². The first kappa shape index (κ1) is 12.4. The second kappa shape index (κ2) is 6.00. The van der Waals surface area contributed by atoms with Crippen molar-refractivity contribution in [2.45, 2.75) is 20.3 Å². The van der Waals surface area contributed by atoms with Crippen LogP contribution in [0, 0.1) is 6.92 Å². The maximum absolute atomic E-state index is 4.43. The summed E-state index contributed by atoms with van der Waals surface area (Å²) in [5, 5.41) is 6.47. The molecule has 0 atom stereocenters. The van der Waals surface area contributed by atoms with Crippen molar-refractivity contribution in [3.8, 4) is 0 Å². The predicted molar refractivity (Wildman–Crippen MR) is 75.3 cm³/mol. The number of aryl methyl sites for hydroxylation is 1. The lowest BCUT2D eigenvalue weighted by molar-refractivity contribution is 0.962. The molecule has 18 heavy (non-hydrogen) atoms. The lowest BCUT2D eigenvalue weighted by atomic mass is 10.3. The average molecular weight is 242 g/mol. The Bertz CT molecular complexity index is 496. The molecule has 1 aromatic carbocycles. The van der Waals surface area contributed by atoms with Crippen LogP contribution in [-0.4, -0.2) is 16.5 Å². The monoisotopic (exact) mass is 242 g/mol. The van der Waals surface area contributed by atoms with Crippen molar-refractivity contribution in [2.24, 2.45) is 0 Å². The van der Waals surface area contributed by atoms with E-state index >= 15 is 0 Å². The van der Waals surface area contributed by atoms with Crippen LogP contribution in [0.3, 0.4) is 0 Å². The van der Waals surface area contributed by atoms with Gasteiger partial charge in [-0.2, -0.15) is 4.98 Å². The molecule has 1 aromatic heterocycles. The van der Waals surface area contributed by atoms with Gasteiger partial charge in [0.05, 0.1) is 0 Å². The van der Waals surface area contributed by atoms with Crippen LogP contribution in [0.15, 0.2) is 36.4 Å². The number of anilines is 3. The van der Waals surface area contributed by atoms with E-state index in [2.05, 4.69) is 27.5 Å². The van der Waals surface area contributed by atoms with E-state index in [-0.39, 0.29) is 0 Å². The van der Waals surface area contributed by atoms with Crippen molar-refractivity contribution in [3.63, 3.8) is 0 Å². The Morgan fingerprint density at radius 1 is 1.11 bits per heavy atom. The molecule has 4 nitrogen and oxygen atoms in total. The fourth-order valence-electron chi connectivity index (χ4n) is 1.62. The van der Waals surface area contributed by atoms with Gasteiger partial charge < -0.3 is 10.6 Å². The summed E-state index contributed by atoms with van der Waals surface area (Å²) in [6, 6.07) is 11.9. The molecule has 2 N–H and O–H groups in total. The smallest absolute Gasteiger partial charge is 0.229 e. The summed E-state index contributed by atoms with van der Waals surface area (Å²) in [4.78, 5) is 8.81. The highest BCUT2D eigenvalue weighted by Crippen LogP contribution is 2.15. The third-order valence-electron chi connectivity index (χ3n) is 2.44. The van der Waals surface area contributed by atoms with Gasteiger partial charge in [0.1, 0.15) is 5.82 Å². The molecule has 0 unspecified atom stereocenters. The van der Waals surface area contributed by atoms with Crippen LogP contribution in [0.1, 0.15) is 19.0 Å². The zero-order chi connectivity index (χ0) is 12.8. The molecule has 4 heteroatoms. The quantitative estimate of drug-likeness (QED) is 0.844. The maximum Gasteiger partial charge on any atom is 0.229 e. The van der Waals surface area contributed by atoms with Gasteiger partial charge in [0.2, 0.25) is 5.95 Å². The van der Waals surface area contributed by atoms with E-state index in [4.69, 9.17) is 0 Å². The summed E-state index contributed by atoms with van der Waals surface area (Å²) < 4.78 is 0. The lowest BCUT2D eigenvalue weighted by Gasteiger charge is -2.09. The van der Waals surface area contributed by atoms with Crippen LogP contribution in [0.4, 0.5) is 17.5 Å². The number of nitrogens with zero attached hydrogens (tertiary/aromatic N) is 2. The molecular formula is C14H18N4. The molecule has 0 saturated heterocycles. The van der Waals surface area contributed by atoms with Crippen LogP contribution >= 0.6 is 0 Å². The van der Waals surface area contributed by atoms with Gasteiger partial charge in [0.25, 0.3) is 0 Å². The predicted octanol–water partition coefficient (Wildman–Crippen LogP) is 3.35. The number of nitrogens with one attached hydrogen (secondary N) is 2. The lowest BCUT2D eigenvalue weighted by Crippen LogP contribution is -2.06. The number of rotatable bonds is 5. The first-order valence-corrected chi connectivity index (χ1v) is 6.19. The molecule has 94 valence electrons. The number of benzene rings is 1. The molecule has 0 amide bonds. The zero-order valence-corrected chi connectivity index (χ0v) is 10.8. The molecule has 0 aliphatic rings. The summed E-state index contributed by atoms with van der Waals surface area (Å²) in [6.45, 7) is 5.01. The third-order valence-corrected chi connectivity index (χ3v) is 2.44. The largest absolute Gasteiger partial charge is 0.370 e. The average Bonchev–Trinajstić information content (AvgIpc) is 2.37. The van der Waals surface area contributed by atoms with E-state index in [9.17, 15) is 0 Å². The second-order valence-electron chi connectivity index (χ2n) is 4.14. The van der Waals surface area contributed by atoms with Crippen molar-refractivity contribution >= 4 is 17.5 Å². The fraction of sp³-hybridized carbons (Fsp3) is 0.286. The van der Waals surface area contributed by atoms with Gasteiger partial charge in [-0.25, -0.2) is 4.98 Å².